The van der Waals surface area contributed by atoms with Gasteiger partial charge in [0, 0.05) is 25.4 Å². The smallest absolute Gasteiger partial charge is 0.321 e. The summed E-state index contributed by atoms with van der Waals surface area (Å²) in [5.41, 5.74) is 2.12. The van der Waals surface area contributed by atoms with E-state index in [4.69, 9.17) is 0 Å². The Labute approximate surface area is 133 Å². The lowest BCUT2D eigenvalue weighted by Gasteiger charge is -2.40. The highest BCUT2D eigenvalue weighted by molar-refractivity contribution is 5.90. The Balaban J connectivity index is 1.97. The first-order valence-electron chi connectivity index (χ1n) is 8.39. The number of likely N-dealkylation sites (tertiary alicyclic amines) is 1. The van der Waals surface area contributed by atoms with Gasteiger partial charge in [0.1, 0.15) is 0 Å². The first-order chi connectivity index (χ1) is 10.6. The predicted molar refractivity (Wildman–Crippen MR) is 90.1 cm³/mol. The molecular formula is C18H28N2O2. The molecule has 0 aliphatic carbocycles. The molecular weight excluding hydrogens is 276 g/mol. The fourth-order valence-electron chi connectivity index (χ4n) is 3.13. The molecule has 1 heterocycles. The topological polar surface area (TPSA) is 52.6 Å². The number of benzene rings is 1. The SMILES string of the molecule is CCCc1ccccc1NC(=O)N1CCC(CC)(CO)CC1. The molecule has 122 valence electrons. The van der Waals surface area contributed by atoms with E-state index in [0.717, 1.165) is 50.9 Å². The summed E-state index contributed by atoms with van der Waals surface area (Å²) in [6, 6.07) is 7.99. The van der Waals surface area contributed by atoms with Crippen LogP contribution in [0.3, 0.4) is 0 Å². The van der Waals surface area contributed by atoms with Gasteiger partial charge in [-0.25, -0.2) is 4.79 Å². The number of piperidine rings is 1. The van der Waals surface area contributed by atoms with Crippen LogP contribution in [0.2, 0.25) is 0 Å². The number of anilines is 1. The largest absolute Gasteiger partial charge is 0.396 e. The summed E-state index contributed by atoms with van der Waals surface area (Å²) < 4.78 is 0. The van der Waals surface area contributed by atoms with Gasteiger partial charge < -0.3 is 15.3 Å². The van der Waals surface area contributed by atoms with Gasteiger partial charge in [-0.1, -0.05) is 38.5 Å². The zero-order chi connectivity index (χ0) is 16.0. The van der Waals surface area contributed by atoms with Crippen LogP contribution < -0.4 is 5.32 Å². The molecule has 1 saturated heterocycles. The van der Waals surface area contributed by atoms with Crippen LogP contribution in [0.25, 0.3) is 0 Å². The fourth-order valence-corrected chi connectivity index (χ4v) is 3.13. The summed E-state index contributed by atoms with van der Waals surface area (Å²) in [6.45, 7) is 5.92. The van der Waals surface area contributed by atoms with Gasteiger partial charge in [0.2, 0.25) is 0 Å². The molecule has 1 aliphatic rings. The van der Waals surface area contributed by atoms with E-state index >= 15 is 0 Å². The van der Waals surface area contributed by atoms with Gasteiger partial charge in [-0.3, -0.25) is 0 Å². The van der Waals surface area contributed by atoms with Crippen molar-refractivity contribution in [2.75, 3.05) is 25.0 Å². The van der Waals surface area contributed by atoms with Crippen LogP contribution >= 0.6 is 0 Å². The van der Waals surface area contributed by atoms with Crippen molar-refractivity contribution in [2.24, 2.45) is 5.41 Å². The molecule has 0 radical (unpaired) electrons. The Morgan fingerprint density at radius 1 is 1.27 bits per heavy atom. The van der Waals surface area contributed by atoms with Crippen LogP contribution in [-0.4, -0.2) is 35.7 Å². The van der Waals surface area contributed by atoms with Crippen molar-refractivity contribution in [2.45, 2.75) is 46.0 Å². The third-order valence-electron chi connectivity index (χ3n) is 4.98. The van der Waals surface area contributed by atoms with Gasteiger partial charge in [-0.2, -0.15) is 0 Å². The van der Waals surface area contributed by atoms with Crippen molar-refractivity contribution in [3.8, 4) is 0 Å². The molecule has 1 fully saturated rings. The highest BCUT2D eigenvalue weighted by Gasteiger charge is 2.33. The minimum Gasteiger partial charge on any atom is -0.396 e. The van der Waals surface area contributed by atoms with E-state index in [-0.39, 0.29) is 18.1 Å². The molecule has 0 atom stereocenters. The number of nitrogens with zero attached hydrogens (tertiary/aromatic N) is 1. The maximum absolute atomic E-state index is 12.5. The molecule has 2 N–H and O–H groups in total. The van der Waals surface area contributed by atoms with Crippen molar-refractivity contribution in [1.82, 2.24) is 4.90 Å². The molecule has 2 amide bonds. The number of urea groups is 1. The van der Waals surface area contributed by atoms with Crippen molar-refractivity contribution < 1.29 is 9.90 Å². The van der Waals surface area contributed by atoms with Crippen LogP contribution in [0.15, 0.2) is 24.3 Å². The average Bonchev–Trinajstić information content (AvgIpc) is 2.57. The molecule has 4 nitrogen and oxygen atoms in total. The fraction of sp³-hybridized carbons (Fsp3) is 0.611. The molecule has 0 unspecified atom stereocenters. The quantitative estimate of drug-likeness (QED) is 0.872. The molecule has 0 spiro atoms. The van der Waals surface area contributed by atoms with Crippen LogP contribution in [0.1, 0.15) is 45.1 Å². The van der Waals surface area contributed by atoms with Gasteiger partial charge in [0.15, 0.2) is 0 Å². The number of para-hydroxylation sites is 1. The summed E-state index contributed by atoms with van der Waals surface area (Å²) in [5, 5.41) is 12.6. The van der Waals surface area contributed by atoms with E-state index in [1.807, 2.05) is 23.1 Å². The zero-order valence-corrected chi connectivity index (χ0v) is 13.8. The van der Waals surface area contributed by atoms with E-state index < -0.39 is 0 Å². The van der Waals surface area contributed by atoms with Crippen LogP contribution in [0, 0.1) is 5.41 Å². The number of hydrogen-bond acceptors (Lipinski definition) is 2. The number of carbonyl (C=O) groups excluding carboxylic acids is 1. The van der Waals surface area contributed by atoms with Crippen molar-refractivity contribution >= 4 is 11.7 Å². The minimum atomic E-state index is -0.0220. The van der Waals surface area contributed by atoms with Crippen molar-refractivity contribution in [3.05, 3.63) is 29.8 Å². The second-order valence-electron chi connectivity index (χ2n) is 6.34. The van der Waals surface area contributed by atoms with Gasteiger partial charge in [-0.15, -0.1) is 0 Å². The summed E-state index contributed by atoms with van der Waals surface area (Å²) in [5.74, 6) is 0. The number of rotatable bonds is 5. The molecule has 4 heteroatoms. The lowest BCUT2D eigenvalue weighted by molar-refractivity contribution is 0.0542. The van der Waals surface area contributed by atoms with E-state index in [0.29, 0.717) is 0 Å². The monoisotopic (exact) mass is 304 g/mol. The van der Waals surface area contributed by atoms with E-state index in [2.05, 4.69) is 25.2 Å². The number of aryl methyl sites for hydroxylation is 1. The first kappa shape index (κ1) is 16.8. The average molecular weight is 304 g/mol. The molecule has 1 aromatic rings. The third-order valence-corrected chi connectivity index (χ3v) is 4.98. The lowest BCUT2D eigenvalue weighted by atomic mass is 9.77. The summed E-state index contributed by atoms with van der Waals surface area (Å²) in [6.07, 6.45) is 4.76. The van der Waals surface area contributed by atoms with E-state index in [9.17, 15) is 9.90 Å². The second-order valence-corrected chi connectivity index (χ2v) is 6.34. The molecule has 2 rings (SSSR count). The van der Waals surface area contributed by atoms with Crippen molar-refractivity contribution in [1.29, 1.82) is 0 Å². The van der Waals surface area contributed by atoms with Crippen LogP contribution in [0.5, 0.6) is 0 Å². The third kappa shape index (κ3) is 3.80. The van der Waals surface area contributed by atoms with Crippen molar-refractivity contribution in [3.63, 3.8) is 0 Å². The highest BCUT2D eigenvalue weighted by atomic mass is 16.3. The Bertz CT molecular complexity index is 488. The summed E-state index contributed by atoms with van der Waals surface area (Å²) in [7, 11) is 0. The number of hydrogen-bond donors (Lipinski definition) is 2. The predicted octanol–water partition coefficient (Wildman–Crippen LogP) is 3.66. The standard InChI is InChI=1S/C18H28N2O2/c1-3-7-15-8-5-6-9-16(15)19-17(22)20-12-10-18(4-2,14-21)11-13-20/h5-6,8-9,21H,3-4,7,10-14H2,1-2H3,(H,19,22). The number of nitrogens with one attached hydrogen (secondary N) is 1. The molecule has 1 aliphatic heterocycles. The Morgan fingerprint density at radius 2 is 1.95 bits per heavy atom. The van der Waals surface area contributed by atoms with Crippen LogP contribution in [0.4, 0.5) is 10.5 Å². The molecule has 0 saturated carbocycles. The number of amides is 2. The van der Waals surface area contributed by atoms with Gasteiger partial charge in [0.25, 0.3) is 0 Å². The second kappa shape index (κ2) is 7.63. The maximum Gasteiger partial charge on any atom is 0.321 e. The highest BCUT2D eigenvalue weighted by Crippen LogP contribution is 2.34. The molecule has 22 heavy (non-hydrogen) atoms. The number of carbonyl (C=O) groups is 1. The van der Waals surface area contributed by atoms with E-state index in [1.54, 1.807) is 0 Å². The Hall–Kier alpha value is -1.55. The minimum absolute atomic E-state index is 0.0108. The zero-order valence-electron chi connectivity index (χ0n) is 13.8. The molecule has 0 aromatic heterocycles. The van der Waals surface area contributed by atoms with Gasteiger partial charge in [-0.05, 0) is 42.7 Å². The van der Waals surface area contributed by atoms with Gasteiger partial charge in [0.05, 0.1) is 0 Å². The first-order valence-corrected chi connectivity index (χ1v) is 8.39. The Kier molecular flexibility index (Phi) is 5.83. The Morgan fingerprint density at radius 3 is 2.55 bits per heavy atom. The summed E-state index contributed by atoms with van der Waals surface area (Å²) in [4.78, 5) is 14.3. The molecule has 1 aromatic carbocycles. The van der Waals surface area contributed by atoms with Crippen LogP contribution in [-0.2, 0) is 6.42 Å². The lowest BCUT2D eigenvalue weighted by Crippen LogP contribution is -2.46. The molecule has 0 bridgehead atoms. The normalized spacial score (nSPS) is 17.3. The summed E-state index contributed by atoms with van der Waals surface area (Å²) >= 11 is 0. The number of aliphatic hydroxyl groups excluding tert-OH is 1. The number of aliphatic hydroxyl groups is 1. The maximum atomic E-state index is 12.5. The van der Waals surface area contributed by atoms with Gasteiger partial charge >= 0.3 is 6.03 Å². The van der Waals surface area contributed by atoms with E-state index in [1.165, 1.54) is 5.56 Å².